The molecule has 166 valence electrons. The standard InChI is InChI=1S/C25H18Cl2FN3OS/c1-32-24-10-7-16(11-20(24)28)21-13-23(18-9-8-17(26)12-19(18)27)31(30-21)25-29-22(14-33-25)15-5-3-2-4-6-15/h2-12,14,23H,13H2,1H3/t23-/m0/s1. The summed E-state index contributed by atoms with van der Waals surface area (Å²) in [6.45, 7) is 0. The summed E-state index contributed by atoms with van der Waals surface area (Å²) < 4.78 is 19.5. The number of methoxy groups -OCH3 is 1. The summed E-state index contributed by atoms with van der Waals surface area (Å²) in [5, 5.41) is 10.6. The summed E-state index contributed by atoms with van der Waals surface area (Å²) in [5.41, 5.74) is 4.21. The average molecular weight is 498 g/mol. The Kier molecular flexibility index (Phi) is 6.06. The minimum Gasteiger partial charge on any atom is -0.494 e. The van der Waals surface area contributed by atoms with Crippen molar-refractivity contribution in [3.63, 3.8) is 0 Å². The van der Waals surface area contributed by atoms with Crippen LogP contribution in [0.5, 0.6) is 5.75 Å². The van der Waals surface area contributed by atoms with Crippen molar-refractivity contribution in [3.05, 3.63) is 99.1 Å². The van der Waals surface area contributed by atoms with Gasteiger partial charge in [0.05, 0.1) is 24.6 Å². The molecule has 4 nitrogen and oxygen atoms in total. The predicted octanol–water partition coefficient (Wildman–Crippen LogP) is 7.62. The van der Waals surface area contributed by atoms with Gasteiger partial charge in [-0.1, -0.05) is 59.6 Å². The van der Waals surface area contributed by atoms with Crippen molar-refractivity contribution in [3.8, 4) is 17.0 Å². The molecule has 3 aromatic carbocycles. The molecule has 4 aromatic rings. The van der Waals surface area contributed by atoms with Crippen LogP contribution < -0.4 is 9.75 Å². The van der Waals surface area contributed by atoms with E-state index < -0.39 is 5.82 Å². The summed E-state index contributed by atoms with van der Waals surface area (Å²) in [6.07, 6.45) is 0.535. The van der Waals surface area contributed by atoms with E-state index in [0.717, 1.165) is 27.7 Å². The van der Waals surface area contributed by atoms with Gasteiger partial charge in [-0.05, 0) is 35.9 Å². The number of ether oxygens (including phenoxy) is 1. The normalized spacial score (nSPS) is 15.6. The van der Waals surface area contributed by atoms with Gasteiger partial charge in [0.15, 0.2) is 11.6 Å². The van der Waals surface area contributed by atoms with Crippen molar-refractivity contribution in [2.75, 3.05) is 12.1 Å². The van der Waals surface area contributed by atoms with Crippen molar-refractivity contribution in [2.24, 2.45) is 5.10 Å². The lowest BCUT2D eigenvalue weighted by Crippen LogP contribution is -2.18. The maximum absolute atomic E-state index is 14.4. The van der Waals surface area contributed by atoms with E-state index in [-0.39, 0.29) is 11.8 Å². The number of thiazole rings is 1. The van der Waals surface area contributed by atoms with E-state index in [9.17, 15) is 4.39 Å². The molecule has 8 heteroatoms. The van der Waals surface area contributed by atoms with E-state index in [2.05, 4.69) is 0 Å². The number of aromatic nitrogens is 1. The lowest BCUT2D eigenvalue weighted by Gasteiger charge is -2.22. The summed E-state index contributed by atoms with van der Waals surface area (Å²) >= 11 is 14.2. The third kappa shape index (κ3) is 4.34. The summed E-state index contributed by atoms with van der Waals surface area (Å²) in [6, 6.07) is 20.1. The second-order valence-electron chi connectivity index (χ2n) is 7.51. The Morgan fingerprint density at radius 2 is 1.85 bits per heavy atom. The van der Waals surface area contributed by atoms with Gasteiger partial charge in [-0.3, -0.25) is 0 Å². The fraction of sp³-hybridized carbons (Fsp3) is 0.120. The van der Waals surface area contributed by atoms with E-state index >= 15 is 0 Å². The molecule has 0 N–H and O–H groups in total. The Bertz CT molecular complexity index is 1340. The summed E-state index contributed by atoms with van der Waals surface area (Å²) in [4.78, 5) is 4.83. The van der Waals surface area contributed by atoms with Crippen molar-refractivity contribution >= 4 is 45.4 Å². The fourth-order valence-electron chi connectivity index (χ4n) is 3.83. The third-order valence-corrected chi connectivity index (χ3v) is 6.87. The van der Waals surface area contributed by atoms with E-state index in [1.165, 1.54) is 24.5 Å². The maximum atomic E-state index is 14.4. The van der Waals surface area contributed by atoms with Crippen LogP contribution in [0.3, 0.4) is 0 Å². The van der Waals surface area contributed by atoms with E-state index in [4.69, 9.17) is 38.0 Å². The van der Waals surface area contributed by atoms with Gasteiger partial charge in [0.2, 0.25) is 5.13 Å². The molecule has 0 saturated heterocycles. The van der Waals surface area contributed by atoms with Gasteiger partial charge in [-0.2, -0.15) is 5.10 Å². The van der Waals surface area contributed by atoms with Gasteiger partial charge >= 0.3 is 0 Å². The molecule has 1 aliphatic rings. The van der Waals surface area contributed by atoms with Crippen LogP contribution in [0.1, 0.15) is 23.6 Å². The highest BCUT2D eigenvalue weighted by Crippen LogP contribution is 2.42. The Morgan fingerprint density at radius 1 is 1.03 bits per heavy atom. The van der Waals surface area contributed by atoms with Crippen LogP contribution in [-0.2, 0) is 0 Å². The molecule has 1 aliphatic heterocycles. The van der Waals surface area contributed by atoms with Gasteiger partial charge in [-0.25, -0.2) is 14.4 Å². The lowest BCUT2D eigenvalue weighted by atomic mass is 9.98. The van der Waals surface area contributed by atoms with Crippen LogP contribution in [0.2, 0.25) is 10.0 Å². The SMILES string of the molecule is COc1ccc(C2=NN(c3nc(-c4ccccc4)cs3)[C@H](c3ccc(Cl)cc3Cl)C2)cc1F. The van der Waals surface area contributed by atoms with Crippen LogP contribution in [0.25, 0.3) is 11.3 Å². The molecule has 0 radical (unpaired) electrons. The Labute approximate surface area is 204 Å². The highest BCUT2D eigenvalue weighted by molar-refractivity contribution is 7.14. The maximum Gasteiger partial charge on any atom is 0.207 e. The zero-order chi connectivity index (χ0) is 22.9. The molecule has 0 spiro atoms. The molecular formula is C25H18Cl2FN3OS. The van der Waals surface area contributed by atoms with Crippen molar-refractivity contribution in [1.29, 1.82) is 0 Å². The minimum atomic E-state index is -0.433. The monoisotopic (exact) mass is 497 g/mol. The largest absolute Gasteiger partial charge is 0.494 e. The van der Waals surface area contributed by atoms with Gasteiger partial charge in [0.25, 0.3) is 0 Å². The minimum absolute atomic E-state index is 0.193. The van der Waals surface area contributed by atoms with Gasteiger partial charge < -0.3 is 4.74 Å². The van der Waals surface area contributed by atoms with E-state index in [1.54, 1.807) is 12.1 Å². The fourth-order valence-corrected chi connectivity index (χ4v) is 5.20. The van der Waals surface area contributed by atoms with Crippen LogP contribution >= 0.6 is 34.5 Å². The zero-order valence-corrected chi connectivity index (χ0v) is 19.8. The number of hydrogen-bond acceptors (Lipinski definition) is 5. The first kappa shape index (κ1) is 21.9. The first-order valence-electron chi connectivity index (χ1n) is 10.2. The molecule has 0 unspecified atom stereocenters. The molecular weight excluding hydrogens is 480 g/mol. The van der Waals surface area contributed by atoms with Crippen LogP contribution in [0.4, 0.5) is 9.52 Å². The Balaban J connectivity index is 1.56. The lowest BCUT2D eigenvalue weighted by molar-refractivity contribution is 0.386. The number of hydrazone groups is 1. The van der Waals surface area contributed by atoms with Crippen LogP contribution in [0, 0.1) is 5.82 Å². The van der Waals surface area contributed by atoms with Crippen LogP contribution in [-0.4, -0.2) is 17.8 Å². The molecule has 0 saturated carbocycles. The zero-order valence-electron chi connectivity index (χ0n) is 17.5. The summed E-state index contributed by atoms with van der Waals surface area (Å²) in [7, 11) is 1.44. The molecule has 0 bridgehead atoms. The van der Waals surface area contributed by atoms with Gasteiger partial charge in [0, 0.05) is 33.0 Å². The molecule has 33 heavy (non-hydrogen) atoms. The number of benzene rings is 3. The van der Waals surface area contributed by atoms with Crippen LogP contribution in [0.15, 0.2) is 77.2 Å². The number of nitrogens with zero attached hydrogens (tertiary/aromatic N) is 3. The first-order chi connectivity index (χ1) is 16.0. The topological polar surface area (TPSA) is 37.7 Å². The number of halogens is 3. The van der Waals surface area contributed by atoms with Gasteiger partial charge in [-0.15, -0.1) is 11.3 Å². The van der Waals surface area contributed by atoms with E-state index in [0.29, 0.717) is 22.0 Å². The summed E-state index contributed by atoms with van der Waals surface area (Å²) in [5.74, 6) is -0.239. The smallest absolute Gasteiger partial charge is 0.207 e. The predicted molar refractivity (Wildman–Crippen MR) is 133 cm³/mol. The molecule has 5 rings (SSSR count). The molecule has 1 aromatic heterocycles. The number of rotatable bonds is 5. The second-order valence-corrected chi connectivity index (χ2v) is 9.19. The first-order valence-corrected chi connectivity index (χ1v) is 11.8. The molecule has 0 aliphatic carbocycles. The Morgan fingerprint density at radius 3 is 2.58 bits per heavy atom. The van der Waals surface area contributed by atoms with E-state index in [1.807, 2.05) is 58.9 Å². The van der Waals surface area contributed by atoms with Gasteiger partial charge in [0.1, 0.15) is 0 Å². The third-order valence-electron chi connectivity index (χ3n) is 5.47. The van der Waals surface area contributed by atoms with Crippen molar-refractivity contribution in [2.45, 2.75) is 12.5 Å². The average Bonchev–Trinajstić information content (AvgIpc) is 3.47. The van der Waals surface area contributed by atoms with Crippen molar-refractivity contribution < 1.29 is 9.13 Å². The Hall–Kier alpha value is -2.93. The quantitative estimate of drug-likeness (QED) is 0.284. The molecule has 0 amide bonds. The molecule has 1 atom stereocenters. The molecule has 0 fully saturated rings. The second kappa shape index (κ2) is 9.14. The number of anilines is 1. The number of hydrogen-bond donors (Lipinski definition) is 0. The van der Waals surface area contributed by atoms with Crippen molar-refractivity contribution in [1.82, 2.24) is 4.98 Å². The highest BCUT2D eigenvalue weighted by atomic mass is 35.5. The highest BCUT2D eigenvalue weighted by Gasteiger charge is 2.33. The molecule has 2 heterocycles.